The van der Waals surface area contributed by atoms with Gasteiger partial charge in [0.25, 0.3) is 0 Å². The van der Waals surface area contributed by atoms with E-state index >= 15 is 0 Å². The average molecular weight is 214 g/mol. The first kappa shape index (κ1) is 12.9. The van der Waals surface area contributed by atoms with Crippen LogP contribution in [-0.2, 0) is 4.74 Å². The summed E-state index contributed by atoms with van der Waals surface area (Å²) in [4.78, 5) is 2.41. The zero-order valence-electron chi connectivity index (χ0n) is 10.6. The minimum atomic E-state index is 0.357. The highest BCUT2D eigenvalue weighted by molar-refractivity contribution is 4.79. The van der Waals surface area contributed by atoms with Gasteiger partial charge in [0, 0.05) is 19.1 Å². The minimum absolute atomic E-state index is 0.357. The Morgan fingerprint density at radius 2 is 2.13 bits per heavy atom. The molecular formula is C12H26N2O. The van der Waals surface area contributed by atoms with Crippen LogP contribution in [0.3, 0.4) is 0 Å². The van der Waals surface area contributed by atoms with Crippen molar-refractivity contribution >= 4 is 0 Å². The second-order valence-corrected chi connectivity index (χ2v) is 5.02. The van der Waals surface area contributed by atoms with Crippen LogP contribution in [0, 0.1) is 5.92 Å². The summed E-state index contributed by atoms with van der Waals surface area (Å²) in [7, 11) is 2.20. The molecule has 1 rings (SSSR count). The summed E-state index contributed by atoms with van der Waals surface area (Å²) in [6.07, 6.45) is 1.62. The first-order chi connectivity index (χ1) is 7.11. The van der Waals surface area contributed by atoms with Gasteiger partial charge in [-0.3, -0.25) is 0 Å². The zero-order valence-corrected chi connectivity index (χ0v) is 10.6. The molecule has 0 aromatic rings. The Labute approximate surface area is 94.2 Å². The topological polar surface area (TPSA) is 24.5 Å². The Kier molecular flexibility index (Phi) is 5.58. The van der Waals surface area contributed by atoms with Crippen LogP contribution in [0.1, 0.15) is 27.2 Å². The molecule has 0 aliphatic carbocycles. The Balaban J connectivity index is 2.27. The number of nitrogens with zero attached hydrogens (tertiary/aromatic N) is 1. The van der Waals surface area contributed by atoms with Crippen molar-refractivity contribution in [1.29, 1.82) is 0 Å². The molecule has 3 heteroatoms. The third-order valence-electron chi connectivity index (χ3n) is 3.25. The highest BCUT2D eigenvalue weighted by atomic mass is 16.5. The Bertz CT molecular complexity index is 167. The maximum atomic E-state index is 5.76. The lowest BCUT2D eigenvalue weighted by atomic mass is 10.1. The molecule has 1 N–H and O–H groups in total. The zero-order chi connectivity index (χ0) is 11.3. The first-order valence-electron chi connectivity index (χ1n) is 6.14. The summed E-state index contributed by atoms with van der Waals surface area (Å²) in [6.45, 7) is 10.8. The molecule has 0 aromatic heterocycles. The van der Waals surface area contributed by atoms with Crippen molar-refractivity contribution in [1.82, 2.24) is 10.2 Å². The fourth-order valence-electron chi connectivity index (χ4n) is 1.84. The molecule has 0 amide bonds. The molecule has 3 nitrogen and oxygen atoms in total. The lowest BCUT2D eigenvalue weighted by molar-refractivity contribution is -0.0206. The molecule has 1 heterocycles. The number of hydrogen-bond donors (Lipinski definition) is 1. The predicted octanol–water partition coefficient (Wildman–Crippen LogP) is 1.34. The summed E-state index contributed by atoms with van der Waals surface area (Å²) >= 11 is 0. The summed E-state index contributed by atoms with van der Waals surface area (Å²) in [6, 6.07) is 0.511. The third-order valence-corrected chi connectivity index (χ3v) is 3.25. The van der Waals surface area contributed by atoms with E-state index in [1.165, 1.54) is 13.0 Å². The maximum Gasteiger partial charge on any atom is 0.0852 e. The summed E-state index contributed by atoms with van der Waals surface area (Å²) in [5, 5.41) is 3.38. The Hall–Kier alpha value is -0.120. The van der Waals surface area contributed by atoms with Crippen LogP contribution in [0.15, 0.2) is 0 Å². The van der Waals surface area contributed by atoms with E-state index in [-0.39, 0.29) is 0 Å². The first-order valence-corrected chi connectivity index (χ1v) is 6.14. The van der Waals surface area contributed by atoms with E-state index in [0.717, 1.165) is 25.6 Å². The molecule has 1 saturated heterocycles. The highest BCUT2D eigenvalue weighted by Crippen LogP contribution is 2.10. The molecule has 1 aliphatic rings. The SMILES string of the molecule is CC(C)CCN(C)C(C)C1CNCCO1. The quantitative estimate of drug-likeness (QED) is 0.747. The van der Waals surface area contributed by atoms with E-state index in [0.29, 0.717) is 12.1 Å². The molecule has 2 unspecified atom stereocenters. The van der Waals surface area contributed by atoms with Crippen LogP contribution in [0.4, 0.5) is 0 Å². The van der Waals surface area contributed by atoms with Gasteiger partial charge in [0.05, 0.1) is 12.7 Å². The molecule has 0 saturated carbocycles. The average Bonchev–Trinajstić information content (AvgIpc) is 2.26. The molecule has 0 radical (unpaired) electrons. The van der Waals surface area contributed by atoms with Gasteiger partial charge >= 0.3 is 0 Å². The molecule has 2 atom stereocenters. The van der Waals surface area contributed by atoms with Crippen LogP contribution < -0.4 is 5.32 Å². The van der Waals surface area contributed by atoms with Gasteiger partial charge in [-0.05, 0) is 32.9 Å². The molecule has 0 aromatic carbocycles. The number of ether oxygens (including phenoxy) is 1. The van der Waals surface area contributed by atoms with E-state index in [1.54, 1.807) is 0 Å². The van der Waals surface area contributed by atoms with Gasteiger partial charge in [0.1, 0.15) is 0 Å². The van der Waals surface area contributed by atoms with Crippen LogP contribution >= 0.6 is 0 Å². The Morgan fingerprint density at radius 3 is 2.67 bits per heavy atom. The molecule has 90 valence electrons. The monoisotopic (exact) mass is 214 g/mol. The van der Waals surface area contributed by atoms with Gasteiger partial charge in [-0.1, -0.05) is 13.8 Å². The van der Waals surface area contributed by atoms with Crippen LogP contribution in [0.25, 0.3) is 0 Å². The van der Waals surface area contributed by atoms with Gasteiger partial charge in [-0.25, -0.2) is 0 Å². The molecule has 1 aliphatic heterocycles. The van der Waals surface area contributed by atoms with Gasteiger partial charge in [-0.15, -0.1) is 0 Å². The lowest BCUT2D eigenvalue weighted by Gasteiger charge is -2.34. The molecule has 0 bridgehead atoms. The largest absolute Gasteiger partial charge is 0.374 e. The number of likely N-dealkylation sites (N-methyl/N-ethyl adjacent to an activating group) is 1. The summed E-state index contributed by atoms with van der Waals surface area (Å²) in [5.41, 5.74) is 0. The third kappa shape index (κ3) is 4.49. The molecule has 15 heavy (non-hydrogen) atoms. The normalized spacial score (nSPS) is 24.8. The Morgan fingerprint density at radius 1 is 1.40 bits per heavy atom. The van der Waals surface area contributed by atoms with Crippen molar-refractivity contribution in [3.05, 3.63) is 0 Å². The number of nitrogens with one attached hydrogen (secondary N) is 1. The van der Waals surface area contributed by atoms with E-state index < -0.39 is 0 Å². The van der Waals surface area contributed by atoms with E-state index in [9.17, 15) is 0 Å². The fourth-order valence-corrected chi connectivity index (χ4v) is 1.84. The van der Waals surface area contributed by atoms with Gasteiger partial charge in [-0.2, -0.15) is 0 Å². The molecular weight excluding hydrogens is 188 g/mol. The van der Waals surface area contributed by atoms with E-state index in [4.69, 9.17) is 4.74 Å². The van der Waals surface area contributed by atoms with Gasteiger partial charge in [0.2, 0.25) is 0 Å². The maximum absolute atomic E-state index is 5.76. The molecule has 0 spiro atoms. The van der Waals surface area contributed by atoms with Crippen molar-refractivity contribution in [3.63, 3.8) is 0 Å². The number of hydrogen-bond acceptors (Lipinski definition) is 3. The fraction of sp³-hybridized carbons (Fsp3) is 1.00. The lowest BCUT2D eigenvalue weighted by Crippen LogP contribution is -2.50. The highest BCUT2D eigenvalue weighted by Gasteiger charge is 2.23. The molecule has 1 fully saturated rings. The van der Waals surface area contributed by atoms with Crippen molar-refractivity contribution < 1.29 is 4.74 Å². The summed E-state index contributed by atoms with van der Waals surface area (Å²) < 4.78 is 5.76. The van der Waals surface area contributed by atoms with Crippen molar-refractivity contribution in [3.8, 4) is 0 Å². The van der Waals surface area contributed by atoms with Crippen LogP contribution in [-0.4, -0.2) is 50.3 Å². The number of rotatable bonds is 5. The predicted molar refractivity (Wildman–Crippen MR) is 64.2 cm³/mol. The van der Waals surface area contributed by atoms with Gasteiger partial charge in [0.15, 0.2) is 0 Å². The number of morpholine rings is 1. The van der Waals surface area contributed by atoms with Gasteiger partial charge < -0.3 is 15.0 Å². The van der Waals surface area contributed by atoms with Crippen molar-refractivity contribution in [2.24, 2.45) is 5.92 Å². The van der Waals surface area contributed by atoms with Crippen LogP contribution in [0.5, 0.6) is 0 Å². The minimum Gasteiger partial charge on any atom is -0.374 e. The smallest absolute Gasteiger partial charge is 0.0852 e. The second kappa shape index (κ2) is 6.46. The van der Waals surface area contributed by atoms with Crippen molar-refractivity contribution in [2.75, 3.05) is 33.3 Å². The van der Waals surface area contributed by atoms with E-state index in [2.05, 4.69) is 38.0 Å². The van der Waals surface area contributed by atoms with E-state index in [1.807, 2.05) is 0 Å². The van der Waals surface area contributed by atoms with Crippen molar-refractivity contribution in [2.45, 2.75) is 39.3 Å². The second-order valence-electron chi connectivity index (χ2n) is 5.02. The summed E-state index contributed by atoms with van der Waals surface area (Å²) in [5.74, 6) is 0.782. The standard InChI is InChI=1S/C12H26N2O/c1-10(2)5-7-14(4)11(3)12-9-13-6-8-15-12/h10-13H,5-9H2,1-4H3. The van der Waals surface area contributed by atoms with Crippen LogP contribution in [0.2, 0.25) is 0 Å².